The van der Waals surface area contributed by atoms with E-state index in [1.54, 1.807) is 16.7 Å². The minimum Gasteiger partial charge on any atom is -0.352 e. The molecule has 0 heterocycles. The van der Waals surface area contributed by atoms with Crippen LogP contribution in [0.4, 0.5) is 0 Å². The Hall–Kier alpha value is -2.27. The van der Waals surface area contributed by atoms with Crippen molar-refractivity contribution >= 4 is 23.6 Å². The molecule has 2 aromatic rings. The maximum atomic E-state index is 13.1. The van der Waals surface area contributed by atoms with E-state index in [9.17, 15) is 9.59 Å². The van der Waals surface area contributed by atoms with Crippen LogP contribution in [0.3, 0.4) is 0 Å². The smallest absolute Gasteiger partial charge is 0.242 e. The number of aryl methyl sites for hydroxylation is 2. The van der Waals surface area contributed by atoms with Gasteiger partial charge in [-0.25, -0.2) is 0 Å². The van der Waals surface area contributed by atoms with Gasteiger partial charge in [-0.15, -0.1) is 11.8 Å². The number of benzene rings is 2. The molecule has 0 aliphatic rings. The normalized spacial score (nSPS) is 12.8. The van der Waals surface area contributed by atoms with E-state index in [0.29, 0.717) is 18.7 Å². The van der Waals surface area contributed by atoms with Crippen LogP contribution in [0.1, 0.15) is 50.3 Å². The fourth-order valence-electron chi connectivity index (χ4n) is 3.05. The van der Waals surface area contributed by atoms with Gasteiger partial charge in [-0.05, 0) is 57.4 Å². The van der Waals surface area contributed by atoms with Crippen LogP contribution in [0.5, 0.6) is 0 Å². The molecule has 2 atom stereocenters. The van der Waals surface area contributed by atoms with Gasteiger partial charge in [0.2, 0.25) is 11.8 Å². The molecule has 0 spiro atoms. The molecular weight excluding hydrogens is 392 g/mol. The van der Waals surface area contributed by atoms with Crippen LogP contribution in [-0.2, 0) is 16.1 Å². The Balaban J connectivity index is 2.08. The number of carbonyl (C=O) groups is 2. The average molecular weight is 427 g/mol. The summed E-state index contributed by atoms with van der Waals surface area (Å²) in [5, 5.41) is 3.01. The molecule has 0 bridgehead atoms. The van der Waals surface area contributed by atoms with Crippen LogP contribution in [0, 0.1) is 13.8 Å². The van der Waals surface area contributed by atoms with Crippen LogP contribution in [-0.4, -0.2) is 34.6 Å². The SMILES string of the molecule is CCC(C)NC(=O)C(C)N(Cc1ccccc1C)C(=O)CCSc1ccc(C)cc1. The predicted molar refractivity (Wildman–Crippen MR) is 126 cm³/mol. The standard InChI is InChI=1S/C25H34N2O2S/c1-6-20(4)26-25(29)21(5)27(17-22-10-8-7-9-19(22)3)24(28)15-16-30-23-13-11-18(2)12-14-23/h7-14,20-21H,6,15-17H2,1-5H3,(H,26,29). The van der Waals surface area contributed by atoms with Crippen molar-refractivity contribution in [3.8, 4) is 0 Å². The first kappa shape index (κ1) is 24.0. The second-order valence-electron chi connectivity index (χ2n) is 7.85. The summed E-state index contributed by atoms with van der Waals surface area (Å²) in [5.74, 6) is 0.591. The van der Waals surface area contributed by atoms with Gasteiger partial charge in [-0.2, -0.15) is 0 Å². The van der Waals surface area contributed by atoms with E-state index in [4.69, 9.17) is 0 Å². The molecule has 0 aliphatic heterocycles. The van der Waals surface area contributed by atoms with E-state index in [1.165, 1.54) is 5.56 Å². The molecule has 5 heteroatoms. The molecule has 1 N–H and O–H groups in total. The Morgan fingerprint density at radius 1 is 1.03 bits per heavy atom. The van der Waals surface area contributed by atoms with E-state index >= 15 is 0 Å². The first-order valence-electron chi connectivity index (χ1n) is 10.7. The summed E-state index contributed by atoms with van der Waals surface area (Å²) >= 11 is 1.67. The van der Waals surface area contributed by atoms with Crippen LogP contribution < -0.4 is 5.32 Å². The third-order valence-corrected chi connectivity index (χ3v) is 6.39. The number of amides is 2. The van der Waals surface area contributed by atoms with E-state index in [1.807, 2.05) is 52.0 Å². The van der Waals surface area contributed by atoms with Crippen molar-refractivity contribution in [1.29, 1.82) is 0 Å². The highest BCUT2D eigenvalue weighted by Crippen LogP contribution is 2.21. The van der Waals surface area contributed by atoms with Gasteiger partial charge in [0.1, 0.15) is 6.04 Å². The zero-order valence-corrected chi connectivity index (χ0v) is 19.6. The molecule has 162 valence electrons. The molecule has 0 saturated carbocycles. The summed E-state index contributed by atoms with van der Waals surface area (Å²) in [7, 11) is 0. The van der Waals surface area contributed by atoms with Gasteiger partial charge >= 0.3 is 0 Å². The van der Waals surface area contributed by atoms with E-state index in [2.05, 4.69) is 36.5 Å². The molecule has 0 saturated heterocycles. The fraction of sp³-hybridized carbons (Fsp3) is 0.440. The van der Waals surface area contributed by atoms with E-state index in [-0.39, 0.29) is 17.9 Å². The van der Waals surface area contributed by atoms with Gasteiger partial charge in [0.15, 0.2) is 0 Å². The van der Waals surface area contributed by atoms with Crippen molar-refractivity contribution in [2.24, 2.45) is 0 Å². The van der Waals surface area contributed by atoms with E-state index in [0.717, 1.165) is 22.4 Å². The molecule has 4 nitrogen and oxygen atoms in total. The highest BCUT2D eigenvalue weighted by atomic mass is 32.2. The number of hydrogen-bond acceptors (Lipinski definition) is 3. The molecule has 2 unspecified atom stereocenters. The number of hydrogen-bond donors (Lipinski definition) is 1. The molecule has 30 heavy (non-hydrogen) atoms. The lowest BCUT2D eigenvalue weighted by Gasteiger charge is -2.30. The molecular formula is C25H34N2O2S. The van der Waals surface area contributed by atoms with Crippen molar-refractivity contribution in [3.05, 3.63) is 65.2 Å². The van der Waals surface area contributed by atoms with Gasteiger partial charge in [-0.3, -0.25) is 9.59 Å². The molecule has 2 rings (SSSR count). The number of thioether (sulfide) groups is 1. The van der Waals surface area contributed by atoms with Crippen LogP contribution in [0.2, 0.25) is 0 Å². The van der Waals surface area contributed by atoms with Gasteiger partial charge in [0, 0.05) is 29.7 Å². The lowest BCUT2D eigenvalue weighted by molar-refractivity contribution is -0.140. The number of nitrogens with zero attached hydrogens (tertiary/aromatic N) is 1. The first-order chi connectivity index (χ1) is 14.3. The summed E-state index contributed by atoms with van der Waals surface area (Å²) in [5.41, 5.74) is 3.42. The van der Waals surface area contributed by atoms with Crippen LogP contribution in [0.15, 0.2) is 53.4 Å². The van der Waals surface area contributed by atoms with Crippen LogP contribution >= 0.6 is 11.8 Å². The third-order valence-electron chi connectivity index (χ3n) is 5.38. The second kappa shape index (κ2) is 11.8. The lowest BCUT2D eigenvalue weighted by atomic mass is 10.1. The Morgan fingerprint density at radius 3 is 2.33 bits per heavy atom. The minimum absolute atomic E-state index is 0.00432. The van der Waals surface area contributed by atoms with Crippen LogP contribution in [0.25, 0.3) is 0 Å². The summed E-state index contributed by atoms with van der Waals surface area (Å²) in [4.78, 5) is 28.8. The van der Waals surface area contributed by atoms with Crippen molar-refractivity contribution in [2.45, 2.75) is 71.0 Å². The van der Waals surface area contributed by atoms with Crippen molar-refractivity contribution in [1.82, 2.24) is 10.2 Å². The molecule has 2 amide bonds. The number of carbonyl (C=O) groups excluding carboxylic acids is 2. The lowest BCUT2D eigenvalue weighted by Crippen LogP contribution is -2.49. The summed E-state index contributed by atoms with van der Waals surface area (Å²) in [6.45, 7) is 10.4. The summed E-state index contributed by atoms with van der Waals surface area (Å²) in [6, 6.07) is 15.9. The van der Waals surface area contributed by atoms with Crippen molar-refractivity contribution < 1.29 is 9.59 Å². The summed E-state index contributed by atoms with van der Waals surface area (Å²) in [6.07, 6.45) is 1.25. The first-order valence-corrected chi connectivity index (χ1v) is 11.6. The average Bonchev–Trinajstić information content (AvgIpc) is 2.73. The molecule has 2 aromatic carbocycles. The van der Waals surface area contributed by atoms with E-state index < -0.39 is 6.04 Å². The number of nitrogens with one attached hydrogen (secondary N) is 1. The Labute approximate surface area is 185 Å². The van der Waals surface area contributed by atoms with Gasteiger partial charge in [-0.1, -0.05) is 48.9 Å². The highest BCUT2D eigenvalue weighted by molar-refractivity contribution is 7.99. The number of rotatable bonds is 10. The van der Waals surface area contributed by atoms with Crippen molar-refractivity contribution in [3.63, 3.8) is 0 Å². The van der Waals surface area contributed by atoms with Gasteiger partial charge in [0.05, 0.1) is 0 Å². The second-order valence-corrected chi connectivity index (χ2v) is 9.02. The molecule has 0 fully saturated rings. The topological polar surface area (TPSA) is 49.4 Å². The molecule has 0 aromatic heterocycles. The predicted octanol–water partition coefficient (Wildman–Crippen LogP) is 5.12. The monoisotopic (exact) mass is 426 g/mol. The fourth-order valence-corrected chi connectivity index (χ4v) is 3.89. The summed E-state index contributed by atoms with van der Waals surface area (Å²) < 4.78 is 0. The minimum atomic E-state index is -0.518. The van der Waals surface area contributed by atoms with Crippen molar-refractivity contribution in [2.75, 3.05) is 5.75 Å². The maximum Gasteiger partial charge on any atom is 0.242 e. The molecule has 0 radical (unpaired) electrons. The van der Waals surface area contributed by atoms with Gasteiger partial charge < -0.3 is 10.2 Å². The molecule has 0 aliphatic carbocycles. The largest absolute Gasteiger partial charge is 0.352 e. The maximum absolute atomic E-state index is 13.1. The Bertz CT molecular complexity index is 835. The van der Waals surface area contributed by atoms with Gasteiger partial charge in [0.25, 0.3) is 0 Å². The Kier molecular flexibility index (Phi) is 9.44. The zero-order chi connectivity index (χ0) is 22.1. The zero-order valence-electron chi connectivity index (χ0n) is 18.8. The quantitative estimate of drug-likeness (QED) is 0.537. The third kappa shape index (κ3) is 7.21. The Morgan fingerprint density at radius 2 is 1.70 bits per heavy atom. The highest BCUT2D eigenvalue weighted by Gasteiger charge is 2.26.